The summed E-state index contributed by atoms with van der Waals surface area (Å²) in [5.74, 6) is 1.74. The highest BCUT2D eigenvalue weighted by molar-refractivity contribution is 5.93. The second-order valence-electron chi connectivity index (χ2n) is 12.3. The number of nitrogens with zero attached hydrogens (tertiary/aromatic N) is 7. The minimum atomic E-state index is -0.459. The van der Waals surface area contributed by atoms with Gasteiger partial charge in [0.1, 0.15) is 29.2 Å². The third-order valence-corrected chi connectivity index (χ3v) is 7.62. The molecule has 2 saturated heterocycles. The number of nitrogens with one attached hydrogen (secondary N) is 1. The number of carbonyl (C=O) groups is 1. The third-order valence-electron chi connectivity index (χ3n) is 7.62. The lowest BCUT2D eigenvalue weighted by Gasteiger charge is -2.42. The molecule has 4 heterocycles. The van der Waals surface area contributed by atoms with Gasteiger partial charge in [-0.25, -0.2) is 14.8 Å². The first-order chi connectivity index (χ1) is 19.6. The number of benzene rings is 1. The molecule has 2 fully saturated rings. The fourth-order valence-electron chi connectivity index (χ4n) is 5.47. The summed E-state index contributed by atoms with van der Waals surface area (Å²) in [4.78, 5) is 30.7. The Bertz CT molecular complexity index is 1330. The fourth-order valence-corrected chi connectivity index (χ4v) is 5.47. The molecule has 41 heavy (non-hydrogen) atoms. The topological polar surface area (TPSA) is 103 Å². The van der Waals surface area contributed by atoms with Gasteiger partial charge < -0.3 is 19.3 Å². The quantitative estimate of drug-likeness (QED) is 0.458. The van der Waals surface area contributed by atoms with Crippen LogP contribution in [0.2, 0.25) is 0 Å². The van der Waals surface area contributed by atoms with Gasteiger partial charge in [-0.05, 0) is 59.7 Å². The molecule has 1 amide bonds. The summed E-state index contributed by atoms with van der Waals surface area (Å²) in [5, 5.41) is 8.67. The van der Waals surface area contributed by atoms with Crippen LogP contribution in [0.3, 0.4) is 0 Å². The molecule has 0 saturated carbocycles. The molecule has 1 atom stereocenters. The molecular formula is C30H44N8O3. The molecule has 222 valence electrons. The first-order valence-electron chi connectivity index (χ1n) is 14.7. The summed E-state index contributed by atoms with van der Waals surface area (Å²) in [6.45, 7) is 20.0. The average molecular weight is 565 g/mol. The maximum absolute atomic E-state index is 12.4. The van der Waals surface area contributed by atoms with Gasteiger partial charge in [-0.15, -0.1) is 0 Å². The van der Waals surface area contributed by atoms with Gasteiger partial charge >= 0.3 is 6.09 Å². The van der Waals surface area contributed by atoms with Crippen molar-refractivity contribution in [1.82, 2.24) is 34.9 Å². The van der Waals surface area contributed by atoms with Crippen LogP contribution in [0.25, 0.3) is 22.3 Å². The lowest BCUT2D eigenvalue weighted by Crippen LogP contribution is -2.55. The molecule has 3 aromatic rings. The molecule has 11 heteroatoms. The number of carbonyl (C=O) groups excluding carboxylic acids is 1. The van der Waals surface area contributed by atoms with Gasteiger partial charge in [0.2, 0.25) is 0 Å². The molecule has 2 aliphatic heterocycles. The number of aromatic nitrogens is 4. The first kappa shape index (κ1) is 29.1. The first-order valence-corrected chi connectivity index (χ1v) is 14.7. The molecule has 2 aliphatic rings. The molecule has 2 aromatic heterocycles. The van der Waals surface area contributed by atoms with E-state index in [9.17, 15) is 4.79 Å². The monoisotopic (exact) mass is 564 g/mol. The predicted octanol–water partition coefficient (Wildman–Crippen LogP) is 3.87. The zero-order chi connectivity index (χ0) is 29.1. The zero-order valence-corrected chi connectivity index (χ0v) is 25.3. The number of piperazine rings is 2. The SMILES string of the molecule is CC(C)Oc1ccc2[nH]nc(-c3cc(N4CCN(CCN5CCN(C(=O)OC(C)(C)C)CC5)[C@@H](C)C4)ncn3)c2c1. The lowest BCUT2D eigenvalue weighted by atomic mass is 10.1. The largest absolute Gasteiger partial charge is 0.491 e. The van der Waals surface area contributed by atoms with Crippen molar-refractivity contribution in [1.29, 1.82) is 0 Å². The van der Waals surface area contributed by atoms with Crippen molar-refractivity contribution in [3.05, 3.63) is 30.6 Å². The van der Waals surface area contributed by atoms with E-state index in [4.69, 9.17) is 9.47 Å². The Kier molecular flexibility index (Phi) is 8.65. The van der Waals surface area contributed by atoms with E-state index in [2.05, 4.69) is 41.8 Å². The van der Waals surface area contributed by atoms with E-state index < -0.39 is 5.60 Å². The highest BCUT2D eigenvalue weighted by Gasteiger charge is 2.28. The summed E-state index contributed by atoms with van der Waals surface area (Å²) < 4.78 is 11.4. The number of H-pyrrole nitrogens is 1. The number of amides is 1. The van der Waals surface area contributed by atoms with Gasteiger partial charge in [0.15, 0.2) is 0 Å². The van der Waals surface area contributed by atoms with Crippen LogP contribution in [0, 0.1) is 0 Å². The number of hydrogen-bond acceptors (Lipinski definition) is 9. The summed E-state index contributed by atoms with van der Waals surface area (Å²) in [7, 11) is 0. The maximum atomic E-state index is 12.4. The minimum Gasteiger partial charge on any atom is -0.491 e. The second kappa shape index (κ2) is 12.2. The molecule has 0 unspecified atom stereocenters. The van der Waals surface area contributed by atoms with Crippen LogP contribution >= 0.6 is 0 Å². The van der Waals surface area contributed by atoms with Gasteiger partial charge in [-0.2, -0.15) is 5.10 Å². The Labute approximate surface area is 242 Å². The van der Waals surface area contributed by atoms with E-state index in [0.717, 1.165) is 79.7 Å². The van der Waals surface area contributed by atoms with E-state index in [1.807, 2.05) is 63.8 Å². The summed E-state index contributed by atoms with van der Waals surface area (Å²) in [5.41, 5.74) is 2.09. The Hall–Kier alpha value is -3.44. The Balaban J connectivity index is 1.15. The molecule has 11 nitrogen and oxygen atoms in total. The van der Waals surface area contributed by atoms with Gasteiger partial charge in [0, 0.05) is 76.4 Å². The standard InChI is InChI=1S/C30H44N8O3/c1-21(2)40-23-7-8-25-24(17-23)28(34-33-25)26-18-27(32-20-31-26)38-16-15-36(22(3)19-38)12-9-35-10-13-37(14-11-35)29(39)41-30(4,5)6/h7-8,17-18,20-22H,9-16,19H2,1-6H3,(H,33,34)/t22-/m0/s1. The average Bonchev–Trinajstić information content (AvgIpc) is 3.35. The zero-order valence-electron chi connectivity index (χ0n) is 25.3. The highest BCUT2D eigenvalue weighted by Crippen LogP contribution is 2.30. The van der Waals surface area contributed by atoms with Crippen LogP contribution in [-0.4, -0.2) is 118 Å². The maximum Gasteiger partial charge on any atom is 0.410 e. The van der Waals surface area contributed by atoms with Gasteiger partial charge in [0.25, 0.3) is 0 Å². The number of anilines is 1. The smallest absolute Gasteiger partial charge is 0.410 e. The number of fused-ring (bicyclic) bond motifs is 1. The van der Waals surface area contributed by atoms with Crippen molar-refractivity contribution < 1.29 is 14.3 Å². The van der Waals surface area contributed by atoms with Crippen molar-refractivity contribution >= 4 is 22.8 Å². The molecule has 0 aliphatic carbocycles. The highest BCUT2D eigenvalue weighted by atomic mass is 16.6. The van der Waals surface area contributed by atoms with Crippen molar-refractivity contribution in [2.75, 3.05) is 63.8 Å². The molecule has 0 radical (unpaired) electrons. The van der Waals surface area contributed by atoms with E-state index >= 15 is 0 Å². The van der Waals surface area contributed by atoms with Gasteiger partial charge in [-0.1, -0.05) is 0 Å². The summed E-state index contributed by atoms with van der Waals surface area (Å²) in [6.07, 6.45) is 1.52. The molecule has 1 N–H and O–H groups in total. The van der Waals surface area contributed by atoms with Crippen LogP contribution in [0.5, 0.6) is 5.75 Å². The molecular weight excluding hydrogens is 520 g/mol. The molecule has 0 bridgehead atoms. The number of rotatable bonds is 7. The Morgan fingerprint density at radius 3 is 2.54 bits per heavy atom. The van der Waals surface area contributed by atoms with Crippen molar-refractivity contribution in [2.24, 2.45) is 0 Å². The fraction of sp³-hybridized carbons (Fsp3) is 0.600. The number of hydrogen-bond donors (Lipinski definition) is 1. The van der Waals surface area contributed by atoms with Crippen LogP contribution in [-0.2, 0) is 4.74 Å². The molecule has 5 rings (SSSR count). The molecule has 0 spiro atoms. The van der Waals surface area contributed by atoms with Gasteiger partial charge in [0.05, 0.1) is 17.3 Å². The van der Waals surface area contributed by atoms with Crippen molar-refractivity contribution in [3.63, 3.8) is 0 Å². The second-order valence-corrected chi connectivity index (χ2v) is 12.3. The third kappa shape index (κ3) is 7.26. The lowest BCUT2D eigenvalue weighted by molar-refractivity contribution is 0.0134. The Morgan fingerprint density at radius 2 is 1.83 bits per heavy atom. The van der Waals surface area contributed by atoms with Crippen LogP contribution in [0.15, 0.2) is 30.6 Å². The molecule has 1 aromatic carbocycles. The normalized spacial score (nSPS) is 19.2. The van der Waals surface area contributed by atoms with E-state index in [1.165, 1.54) is 0 Å². The minimum absolute atomic E-state index is 0.100. The van der Waals surface area contributed by atoms with E-state index in [0.29, 0.717) is 19.1 Å². The van der Waals surface area contributed by atoms with E-state index in [1.54, 1.807) is 6.33 Å². The van der Waals surface area contributed by atoms with Crippen molar-refractivity contribution in [3.8, 4) is 17.1 Å². The Morgan fingerprint density at radius 1 is 1.05 bits per heavy atom. The van der Waals surface area contributed by atoms with Gasteiger partial charge in [-0.3, -0.25) is 14.9 Å². The van der Waals surface area contributed by atoms with Crippen molar-refractivity contribution in [2.45, 2.75) is 59.3 Å². The van der Waals surface area contributed by atoms with Crippen LogP contribution in [0.1, 0.15) is 41.5 Å². The summed E-state index contributed by atoms with van der Waals surface area (Å²) in [6, 6.07) is 8.41. The van der Waals surface area contributed by atoms with Crippen LogP contribution < -0.4 is 9.64 Å². The predicted molar refractivity (Wildman–Crippen MR) is 160 cm³/mol. The number of ether oxygens (including phenoxy) is 2. The number of aromatic amines is 1. The summed E-state index contributed by atoms with van der Waals surface area (Å²) >= 11 is 0. The van der Waals surface area contributed by atoms with E-state index in [-0.39, 0.29) is 12.2 Å². The van der Waals surface area contributed by atoms with Crippen LogP contribution in [0.4, 0.5) is 10.6 Å².